The maximum atomic E-state index is 12.0. The molecule has 0 saturated heterocycles. The average molecular weight is 310 g/mol. The van der Waals surface area contributed by atoms with Gasteiger partial charge < -0.3 is 15.5 Å². The number of aryl methyl sites for hydroxylation is 1. The molecule has 116 valence electrons. The lowest BCUT2D eigenvalue weighted by Gasteiger charge is -2.06. The molecule has 3 rings (SSSR count). The van der Waals surface area contributed by atoms with E-state index in [1.54, 1.807) is 19.1 Å². The van der Waals surface area contributed by atoms with E-state index >= 15 is 0 Å². The van der Waals surface area contributed by atoms with Crippen molar-refractivity contribution in [3.63, 3.8) is 0 Å². The first-order valence-electron chi connectivity index (χ1n) is 6.93. The molecule has 0 fully saturated rings. The van der Waals surface area contributed by atoms with Crippen LogP contribution >= 0.6 is 0 Å². The molecular weight excluding hydrogens is 296 g/mol. The second kappa shape index (κ2) is 5.88. The molecule has 7 nitrogen and oxygen atoms in total. The molecule has 0 aliphatic rings. The van der Waals surface area contributed by atoms with Crippen LogP contribution in [0.4, 0.5) is 5.82 Å². The number of carbonyl (C=O) groups excluding carboxylic acids is 1. The lowest BCUT2D eigenvalue weighted by atomic mass is 10.2. The number of nitrogens with one attached hydrogen (secondary N) is 1. The molecule has 3 N–H and O–H groups in total. The molecular formula is C16H14N4O3. The number of hydrogen-bond donors (Lipinski definition) is 2. The highest BCUT2D eigenvalue weighted by Crippen LogP contribution is 2.17. The van der Waals surface area contributed by atoms with E-state index in [1.807, 2.05) is 18.2 Å². The van der Waals surface area contributed by atoms with Crippen molar-refractivity contribution >= 4 is 22.7 Å². The summed E-state index contributed by atoms with van der Waals surface area (Å²) in [5.74, 6) is -0.144. The van der Waals surface area contributed by atoms with Gasteiger partial charge in [0.1, 0.15) is 11.4 Å². The number of esters is 1. The van der Waals surface area contributed by atoms with Crippen molar-refractivity contribution in [2.45, 2.75) is 13.5 Å². The van der Waals surface area contributed by atoms with E-state index < -0.39 is 11.5 Å². The Bertz CT molecular complexity index is 949. The van der Waals surface area contributed by atoms with Crippen molar-refractivity contribution < 1.29 is 9.53 Å². The van der Waals surface area contributed by atoms with Gasteiger partial charge in [-0.1, -0.05) is 12.1 Å². The highest BCUT2D eigenvalue weighted by Gasteiger charge is 2.13. The van der Waals surface area contributed by atoms with Gasteiger partial charge in [0.2, 0.25) is 0 Å². The van der Waals surface area contributed by atoms with E-state index in [-0.39, 0.29) is 18.0 Å². The number of benzene rings is 1. The lowest BCUT2D eigenvalue weighted by Crippen LogP contribution is -2.20. The number of H-pyrrole nitrogens is 1. The van der Waals surface area contributed by atoms with E-state index in [1.165, 1.54) is 6.07 Å². The summed E-state index contributed by atoms with van der Waals surface area (Å²) in [6.07, 6.45) is 0. The van der Waals surface area contributed by atoms with Crippen LogP contribution in [0.5, 0.6) is 0 Å². The number of aromatic amines is 1. The molecule has 0 saturated carbocycles. The molecule has 2 heterocycles. The summed E-state index contributed by atoms with van der Waals surface area (Å²) in [5.41, 5.74) is 6.64. The van der Waals surface area contributed by atoms with Crippen molar-refractivity contribution in [1.82, 2.24) is 15.0 Å². The van der Waals surface area contributed by atoms with Crippen LogP contribution in [0.1, 0.15) is 21.9 Å². The van der Waals surface area contributed by atoms with E-state index in [2.05, 4.69) is 15.0 Å². The van der Waals surface area contributed by atoms with Gasteiger partial charge in [0.15, 0.2) is 12.4 Å². The number of hydrogen-bond acceptors (Lipinski definition) is 6. The first-order valence-corrected chi connectivity index (χ1v) is 6.93. The number of nitrogens with two attached hydrogens (primary N) is 1. The Labute approximate surface area is 131 Å². The summed E-state index contributed by atoms with van der Waals surface area (Å²) in [6.45, 7) is 1.56. The van der Waals surface area contributed by atoms with Crippen molar-refractivity contribution in [2.75, 3.05) is 5.73 Å². The Morgan fingerprint density at radius 1 is 1.22 bits per heavy atom. The standard InChI is InChI=1S/C16H14N4O3/c1-9-6-7-11(15(21)18-9)16(22)23-8-13-19-12-5-3-2-4-10(12)14(17)20-13/h2-7H,8H2,1H3,(H,18,21)(H2,17,19,20). The molecule has 2 aromatic heterocycles. The highest BCUT2D eigenvalue weighted by molar-refractivity contribution is 5.89. The van der Waals surface area contributed by atoms with Crippen LogP contribution in [-0.4, -0.2) is 20.9 Å². The number of ether oxygens (including phenoxy) is 1. The van der Waals surface area contributed by atoms with Crippen LogP contribution in [-0.2, 0) is 11.3 Å². The topological polar surface area (TPSA) is 111 Å². The Kier molecular flexibility index (Phi) is 3.76. The van der Waals surface area contributed by atoms with Crippen LogP contribution in [0, 0.1) is 6.92 Å². The van der Waals surface area contributed by atoms with Gasteiger partial charge in [-0.05, 0) is 31.2 Å². The zero-order chi connectivity index (χ0) is 16.4. The molecule has 7 heteroatoms. The molecule has 0 spiro atoms. The maximum Gasteiger partial charge on any atom is 0.344 e. The van der Waals surface area contributed by atoms with Gasteiger partial charge in [0, 0.05) is 11.1 Å². The van der Waals surface area contributed by atoms with E-state index in [0.29, 0.717) is 17.0 Å². The second-order valence-corrected chi connectivity index (χ2v) is 5.00. The summed E-state index contributed by atoms with van der Waals surface area (Å²) >= 11 is 0. The molecule has 0 aliphatic heterocycles. The van der Waals surface area contributed by atoms with Gasteiger partial charge in [-0.2, -0.15) is 0 Å². The Morgan fingerprint density at radius 3 is 2.78 bits per heavy atom. The molecule has 0 amide bonds. The number of fused-ring (bicyclic) bond motifs is 1. The zero-order valence-electron chi connectivity index (χ0n) is 12.4. The maximum absolute atomic E-state index is 12.0. The number of carbonyl (C=O) groups is 1. The van der Waals surface area contributed by atoms with Crippen LogP contribution in [0.3, 0.4) is 0 Å². The summed E-state index contributed by atoms with van der Waals surface area (Å²) in [5, 5.41) is 0.734. The number of para-hydroxylation sites is 1. The SMILES string of the molecule is Cc1ccc(C(=O)OCc2nc(N)c3ccccc3n2)c(=O)[nH]1. The predicted octanol–water partition coefficient (Wildman–Crippen LogP) is 1.57. The fourth-order valence-electron chi connectivity index (χ4n) is 2.16. The predicted molar refractivity (Wildman–Crippen MR) is 84.9 cm³/mol. The third-order valence-electron chi connectivity index (χ3n) is 3.29. The minimum atomic E-state index is -0.735. The minimum Gasteiger partial charge on any atom is -0.454 e. The van der Waals surface area contributed by atoms with Crippen LogP contribution < -0.4 is 11.3 Å². The molecule has 0 aliphatic carbocycles. The van der Waals surface area contributed by atoms with Gasteiger partial charge in [-0.3, -0.25) is 4.79 Å². The van der Waals surface area contributed by atoms with Gasteiger partial charge in [-0.15, -0.1) is 0 Å². The van der Waals surface area contributed by atoms with E-state index in [0.717, 1.165) is 5.39 Å². The molecule has 0 radical (unpaired) electrons. The molecule has 1 aromatic carbocycles. The van der Waals surface area contributed by atoms with Gasteiger partial charge in [-0.25, -0.2) is 14.8 Å². The first kappa shape index (κ1) is 14.7. The second-order valence-electron chi connectivity index (χ2n) is 5.00. The van der Waals surface area contributed by atoms with Crippen LogP contribution in [0.25, 0.3) is 10.9 Å². The van der Waals surface area contributed by atoms with Crippen molar-refractivity contribution in [2.24, 2.45) is 0 Å². The first-order chi connectivity index (χ1) is 11.0. The zero-order valence-corrected chi connectivity index (χ0v) is 12.4. The summed E-state index contributed by atoms with van der Waals surface area (Å²) < 4.78 is 5.10. The van der Waals surface area contributed by atoms with Crippen molar-refractivity contribution in [3.8, 4) is 0 Å². The third kappa shape index (κ3) is 3.03. The summed E-state index contributed by atoms with van der Waals surface area (Å²) in [7, 11) is 0. The molecule has 0 atom stereocenters. The normalized spacial score (nSPS) is 10.7. The van der Waals surface area contributed by atoms with Gasteiger partial charge in [0.25, 0.3) is 5.56 Å². The van der Waals surface area contributed by atoms with Crippen molar-refractivity contribution in [1.29, 1.82) is 0 Å². The summed E-state index contributed by atoms with van der Waals surface area (Å²) in [4.78, 5) is 34.6. The molecule has 3 aromatic rings. The average Bonchev–Trinajstić information content (AvgIpc) is 2.53. The number of nitrogens with zero attached hydrogens (tertiary/aromatic N) is 2. The Hall–Kier alpha value is -3.22. The van der Waals surface area contributed by atoms with Crippen molar-refractivity contribution in [3.05, 3.63) is 63.8 Å². The number of anilines is 1. The molecule has 0 unspecified atom stereocenters. The molecule has 23 heavy (non-hydrogen) atoms. The van der Waals surface area contributed by atoms with Crippen LogP contribution in [0.2, 0.25) is 0 Å². The van der Waals surface area contributed by atoms with Gasteiger partial charge in [0.05, 0.1) is 5.52 Å². The Morgan fingerprint density at radius 2 is 2.00 bits per heavy atom. The van der Waals surface area contributed by atoms with E-state index in [9.17, 15) is 9.59 Å². The number of nitrogen functional groups attached to an aromatic ring is 1. The largest absolute Gasteiger partial charge is 0.454 e. The quantitative estimate of drug-likeness (QED) is 0.710. The highest BCUT2D eigenvalue weighted by atomic mass is 16.5. The third-order valence-corrected chi connectivity index (χ3v) is 3.29. The fourth-order valence-corrected chi connectivity index (χ4v) is 2.16. The fraction of sp³-hybridized carbons (Fsp3) is 0.125. The lowest BCUT2D eigenvalue weighted by molar-refractivity contribution is 0.0460. The summed E-state index contributed by atoms with van der Waals surface area (Å²) in [6, 6.07) is 10.3. The minimum absolute atomic E-state index is 0.0654. The molecule has 0 bridgehead atoms. The van der Waals surface area contributed by atoms with E-state index in [4.69, 9.17) is 10.5 Å². The van der Waals surface area contributed by atoms with Crippen LogP contribution in [0.15, 0.2) is 41.2 Å². The smallest absolute Gasteiger partial charge is 0.344 e. The number of pyridine rings is 1. The monoisotopic (exact) mass is 310 g/mol. The Balaban J connectivity index is 1.80. The van der Waals surface area contributed by atoms with Gasteiger partial charge >= 0.3 is 5.97 Å². The number of rotatable bonds is 3. The number of aromatic nitrogens is 3.